The molecule has 6 heavy (non-hydrogen) atoms. The third kappa shape index (κ3) is 0.492. The SMILES string of the molecule is F[C]1CC1(F)Cl. The number of alkyl halides is 2. The Balaban J connectivity index is 2.41. The molecule has 0 spiro atoms. The van der Waals surface area contributed by atoms with Gasteiger partial charge in [-0.15, -0.1) is 0 Å². The molecule has 1 aliphatic carbocycles. The zero-order chi connectivity index (χ0) is 4.78. The Morgan fingerprint density at radius 3 is 2.00 bits per heavy atom. The second-order valence-electron chi connectivity index (χ2n) is 1.29. The van der Waals surface area contributed by atoms with Crippen LogP contribution in [0.4, 0.5) is 8.78 Å². The molecule has 0 aromatic rings. The van der Waals surface area contributed by atoms with E-state index in [0.717, 1.165) is 0 Å². The average Bonchev–Trinajstić information content (AvgIpc) is 1.73. The summed E-state index contributed by atoms with van der Waals surface area (Å²) in [6.45, 7) is 0. The monoisotopic (exact) mass is 111 g/mol. The van der Waals surface area contributed by atoms with E-state index in [1.807, 2.05) is 0 Å². The fourth-order valence-corrected chi connectivity index (χ4v) is 0.268. The number of hydrogen-bond acceptors (Lipinski definition) is 0. The fraction of sp³-hybridized carbons (Fsp3) is 0.667. The minimum Gasteiger partial charge on any atom is -0.235 e. The molecule has 1 unspecified atom stereocenters. The highest BCUT2D eigenvalue weighted by Gasteiger charge is 2.57. The molecular formula is C3H2ClF2. The molecule has 0 nitrogen and oxygen atoms in total. The van der Waals surface area contributed by atoms with Crippen molar-refractivity contribution in [3.05, 3.63) is 6.17 Å². The van der Waals surface area contributed by atoms with Gasteiger partial charge in [0, 0.05) is 6.42 Å². The van der Waals surface area contributed by atoms with Crippen LogP contribution in [0.5, 0.6) is 0 Å². The standard InChI is InChI=1S/C3H2ClF2/c4-3(6)1-2(3)5/h1H2. The minimum absolute atomic E-state index is 0.214. The Labute approximate surface area is 39.1 Å². The lowest BCUT2D eigenvalue weighted by atomic mass is 10.9. The van der Waals surface area contributed by atoms with E-state index in [2.05, 4.69) is 0 Å². The zero-order valence-electron chi connectivity index (χ0n) is 2.84. The summed E-state index contributed by atoms with van der Waals surface area (Å²) in [5, 5.41) is -2.07. The summed E-state index contributed by atoms with van der Waals surface area (Å²) in [6, 6.07) is 0. The molecular weight excluding hydrogens is 109 g/mol. The topological polar surface area (TPSA) is 0 Å². The molecule has 0 heterocycles. The lowest BCUT2D eigenvalue weighted by molar-refractivity contribution is 0.393. The Bertz CT molecular complexity index is 71.2. The smallest absolute Gasteiger partial charge is 0.224 e. The first-order valence-corrected chi connectivity index (χ1v) is 1.90. The van der Waals surface area contributed by atoms with E-state index >= 15 is 0 Å². The van der Waals surface area contributed by atoms with Gasteiger partial charge in [0.25, 0.3) is 0 Å². The quantitative estimate of drug-likeness (QED) is 0.418. The first-order valence-electron chi connectivity index (χ1n) is 1.52. The van der Waals surface area contributed by atoms with Gasteiger partial charge in [-0.1, -0.05) is 11.6 Å². The highest BCUT2D eigenvalue weighted by Crippen LogP contribution is 2.53. The van der Waals surface area contributed by atoms with Crippen molar-refractivity contribution in [2.24, 2.45) is 0 Å². The van der Waals surface area contributed by atoms with Gasteiger partial charge < -0.3 is 0 Å². The van der Waals surface area contributed by atoms with Crippen LogP contribution in [0.15, 0.2) is 0 Å². The van der Waals surface area contributed by atoms with Gasteiger partial charge in [-0.2, -0.15) is 0 Å². The van der Waals surface area contributed by atoms with Gasteiger partial charge in [0.05, 0.1) is 0 Å². The van der Waals surface area contributed by atoms with Crippen LogP contribution >= 0.6 is 11.6 Å². The van der Waals surface area contributed by atoms with Crippen LogP contribution in [-0.4, -0.2) is 5.13 Å². The Kier molecular flexibility index (Phi) is 0.619. The predicted octanol–water partition coefficient (Wildman–Crippen LogP) is 1.80. The summed E-state index contributed by atoms with van der Waals surface area (Å²) >= 11 is 4.71. The molecule has 0 aromatic carbocycles. The molecule has 1 fully saturated rings. The maximum absolute atomic E-state index is 11.5. The molecule has 1 aliphatic rings. The Hall–Kier alpha value is 0.150. The van der Waals surface area contributed by atoms with Crippen LogP contribution in [-0.2, 0) is 0 Å². The second-order valence-corrected chi connectivity index (χ2v) is 1.89. The van der Waals surface area contributed by atoms with Crippen LogP contribution in [0.25, 0.3) is 0 Å². The van der Waals surface area contributed by atoms with Crippen molar-refractivity contribution in [3.8, 4) is 0 Å². The lowest BCUT2D eigenvalue weighted by Crippen LogP contribution is -1.82. The summed E-state index contributed by atoms with van der Waals surface area (Å²) in [4.78, 5) is 0. The van der Waals surface area contributed by atoms with Gasteiger partial charge in [-0.25, -0.2) is 8.78 Å². The van der Waals surface area contributed by atoms with E-state index < -0.39 is 11.3 Å². The van der Waals surface area contributed by atoms with Gasteiger partial charge in [-0.05, 0) is 0 Å². The molecule has 1 rings (SSSR count). The van der Waals surface area contributed by atoms with E-state index in [9.17, 15) is 8.78 Å². The van der Waals surface area contributed by atoms with Crippen molar-refractivity contribution >= 4 is 11.6 Å². The van der Waals surface area contributed by atoms with Crippen molar-refractivity contribution in [2.75, 3.05) is 0 Å². The van der Waals surface area contributed by atoms with E-state index in [1.54, 1.807) is 0 Å². The third-order valence-corrected chi connectivity index (χ3v) is 0.988. The molecule has 3 heteroatoms. The molecule has 1 atom stereocenters. The molecule has 35 valence electrons. The molecule has 0 bridgehead atoms. The van der Waals surface area contributed by atoms with E-state index in [-0.39, 0.29) is 6.42 Å². The molecule has 0 N–H and O–H groups in total. The van der Waals surface area contributed by atoms with Crippen LogP contribution < -0.4 is 0 Å². The highest BCUT2D eigenvalue weighted by molar-refractivity contribution is 6.26. The van der Waals surface area contributed by atoms with Gasteiger partial charge in [0.1, 0.15) is 0 Å². The van der Waals surface area contributed by atoms with Crippen LogP contribution in [0.2, 0.25) is 0 Å². The van der Waals surface area contributed by atoms with Crippen molar-refractivity contribution in [1.29, 1.82) is 0 Å². The maximum atomic E-state index is 11.5. The van der Waals surface area contributed by atoms with Gasteiger partial charge in [0.15, 0.2) is 0 Å². The van der Waals surface area contributed by atoms with Gasteiger partial charge in [-0.3, -0.25) is 0 Å². The third-order valence-electron chi connectivity index (χ3n) is 0.649. The normalized spacial score (nSPS) is 46.5. The predicted molar refractivity (Wildman–Crippen MR) is 18.7 cm³/mol. The van der Waals surface area contributed by atoms with Crippen molar-refractivity contribution in [1.82, 2.24) is 0 Å². The van der Waals surface area contributed by atoms with E-state index in [0.29, 0.717) is 0 Å². The highest BCUT2D eigenvalue weighted by atomic mass is 35.5. The van der Waals surface area contributed by atoms with E-state index in [4.69, 9.17) is 11.6 Å². The van der Waals surface area contributed by atoms with Crippen molar-refractivity contribution in [2.45, 2.75) is 11.5 Å². The van der Waals surface area contributed by atoms with Crippen LogP contribution in [0.1, 0.15) is 6.42 Å². The molecule has 1 radical (unpaired) electrons. The number of rotatable bonds is 0. The Morgan fingerprint density at radius 1 is 1.83 bits per heavy atom. The first-order chi connectivity index (χ1) is 2.63. The van der Waals surface area contributed by atoms with Crippen LogP contribution in [0, 0.1) is 6.17 Å². The fourth-order valence-electron chi connectivity index (χ4n) is 0.151. The average molecular weight is 111 g/mol. The van der Waals surface area contributed by atoms with Crippen molar-refractivity contribution < 1.29 is 8.78 Å². The van der Waals surface area contributed by atoms with Crippen molar-refractivity contribution in [3.63, 3.8) is 0 Å². The van der Waals surface area contributed by atoms with Gasteiger partial charge in [0.2, 0.25) is 11.3 Å². The molecule has 0 saturated heterocycles. The number of hydrogen-bond donors (Lipinski definition) is 0. The van der Waals surface area contributed by atoms with Crippen LogP contribution in [0.3, 0.4) is 0 Å². The molecule has 0 amide bonds. The second kappa shape index (κ2) is 0.861. The first kappa shape index (κ1) is 4.31. The molecule has 1 saturated carbocycles. The summed E-state index contributed by atoms with van der Waals surface area (Å²) < 4.78 is 22.8. The zero-order valence-corrected chi connectivity index (χ0v) is 3.60. The number of halogens is 3. The largest absolute Gasteiger partial charge is 0.235 e. The lowest BCUT2D eigenvalue weighted by Gasteiger charge is -1.79. The molecule has 0 aromatic heterocycles. The summed E-state index contributed by atoms with van der Waals surface area (Å²) in [5.41, 5.74) is 0. The summed E-state index contributed by atoms with van der Waals surface area (Å²) in [5.74, 6) is 0. The van der Waals surface area contributed by atoms with E-state index in [1.165, 1.54) is 0 Å². The van der Waals surface area contributed by atoms with Gasteiger partial charge >= 0.3 is 0 Å². The Morgan fingerprint density at radius 2 is 2.00 bits per heavy atom. The molecule has 0 aliphatic heterocycles. The summed E-state index contributed by atoms with van der Waals surface area (Å²) in [6.07, 6.45) is -0.960. The maximum Gasteiger partial charge on any atom is 0.224 e. The summed E-state index contributed by atoms with van der Waals surface area (Å²) in [7, 11) is 0. The minimum atomic E-state index is -2.07.